The Morgan fingerprint density at radius 2 is 1.57 bits per heavy atom. The average molecular weight is 507 g/mol. The number of anilines is 1. The van der Waals surface area contributed by atoms with Gasteiger partial charge in [0, 0.05) is 11.3 Å². The van der Waals surface area contributed by atoms with Gasteiger partial charge in [0.05, 0.1) is 32.9 Å². The zero-order chi connectivity index (χ0) is 26.3. The lowest BCUT2D eigenvalue weighted by Gasteiger charge is -2.26. The summed E-state index contributed by atoms with van der Waals surface area (Å²) < 4.78 is 40.8. The monoisotopic (exact) mass is 507 g/mol. The highest BCUT2D eigenvalue weighted by Crippen LogP contribution is 2.47. The lowest BCUT2D eigenvalue weighted by molar-refractivity contribution is -0.132. The number of hydrogen-bond donors (Lipinski definition) is 1. The number of ether oxygens (including phenoxy) is 5. The molecule has 2 aliphatic heterocycles. The van der Waals surface area contributed by atoms with Crippen LogP contribution in [-0.2, 0) is 9.59 Å². The summed E-state index contributed by atoms with van der Waals surface area (Å²) in [6.07, 6.45) is 0. The molecule has 10 heteroatoms. The summed E-state index contributed by atoms with van der Waals surface area (Å²) in [5, 5.41) is 11.4. The Hall–Kier alpha value is -4.73. The molecule has 9 nitrogen and oxygen atoms in total. The number of ketones is 1. The number of hydrogen-bond acceptors (Lipinski definition) is 8. The Morgan fingerprint density at radius 3 is 2.19 bits per heavy atom. The number of carbonyl (C=O) groups is 2. The molecule has 3 aromatic rings. The number of benzene rings is 3. The second kappa shape index (κ2) is 9.38. The van der Waals surface area contributed by atoms with E-state index in [1.807, 2.05) is 0 Å². The minimum Gasteiger partial charge on any atom is -0.507 e. The highest BCUT2D eigenvalue weighted by atomic mass is 19.1. The molecule has 2 heterocycles. The summed E-state index contributed by atoms with van der Waals surface area (Å²) in [6, 6.07) is 11.9. The van der Waals surface area contributed by atoms with Crippen molar-refractivity contribution in [1.82, 2.24) is 0 Å². The Morgan fingerprint density at radius 1 is 0.919 bits per heavy atom. The second-order valence-electron chi connectivity index (χ2n) is 8.17. The summed E-state index contributed by atoms with van der Waals surface area (Å²) in [4.78, 5) is 27.9. The molecular weight excluding hydrogens is 485 g/mol. The minimum absolute atomic E-state index is 0.0277. The van der Waals surface area contributed by atoms with Gasteiger partial charge < -0.3 is 28.8 Å². The first-order valence-corrected chi connectivity index (χ1v) is 11.1. The molecule has 5 rings (SSSR count). The number of Topliss-reactive ketones (excluding diaryl/α,β-unsaturated/α-hetero) is 1. The van der Waals surface area contributed by atoms with Crippen LogP contribution in [0.4, 0.5) is 10.1 Å². The Kier molecular flexibility index (Phi) is 6.08. The molecule has 1 atom stereocenters. The lowest BCUT2D eigenvalue weighted by Crippen LogP contribution is -2.29. The van der Waals surface area contributed by atoms with Gasteiger partial charge in [0.1, 0.15) is 11.6 Å². The fourth-order valence-corrected chi connectivity index (χ4v) is 4.47. The van der Waals surface area contributed by atoms with Gasteiger partial charge in [-0.2, -0.15) is 0 Å². The number of rotatable bonds is 6. The molecule has 0 aromatic heterocycles. The highest BCUT2D eigenvalue weighted by molar-refractivity contribution is 6.51. The zero-order valence-corrected chi connectivity index (χ0v) is 20.1. The van der Waals surface area contributed by atoms with Crippen LogP contribution in [0.3, 0.4) is 0 Å². The highest BCUT2D eigenvalue weighted by Gasteiger charge is 2.47. The quantitative estimate of drug-likeness (QED) is 0.301. The molecule has 1 unspecified atom stereocenters. The van der Waals surface area contributed by atoms with Crippen LogP contribution in [0.2, 0.25) is 0 Å². The van der Waals surface area contributed by atoms with E-state index >= 15 is 0 Å². The van der Waals surface area contributed by atoms with Gasteiger partial charge in [-0.25, -0.2) is 4.39 Å². The maximum Gasteiger partial charge on any atom is 0.300 e. The van der Waals surface area contributed by atoms with Crippen LogP contribution in [-0.4, -0.2) is 44.9 Å². The zero-order valence-electron chi connectivity index (χ0n) is 20.1. The fourth-order valence-electron chi connectivity index (χ4n) is 4.47. The molecule has 37 heavy (non-hydrogen) atoms. The van der Waals surface area contributed by atoms with Gasteiger partial charge in [0.25, 0.3) is 11.7 Å². The van der Waals surface area contributed by atoms with E-state index in [4.69, 9.17) is 23.7 Å². The largest absolute Gasteiger partial charge is 0.507 e. The number of amides is 1. The smallest absolute Gasteiger partial charge is 0.300 e. The molecule has 1 amide bonds. The lowest BCUT2D eigenvalue weighted by atomic mass is 9.94. The van der Waals surface area contributed by atoms with Crippen LogP contribution < -0.4 is 28.6 Å². The van der Waals surface area contributed by atoms with E-state index in [0.29, 0.717) is 22.8 Å². The van der Waals surface area contributed by atoms with E-state index in [0.717, 1.165) is 0 Å². The first kappa shape index (κ1) is 24.0. The normalized spacial score (nSPS) is 17.7. The summed E-state index contributed by atoms with van der Waals surface area (Å²) in [6.45, 7) is 0.0277. The number of aliphatic hydroxyl groups excluding tert-OH is 1. The van der Waals surface area contributed by atoms with Crippen LogP contribution in [0.1, 0.15) is 17.2 Å². The van der Waals surface area contributed by atoms with Gasteiger partial charge >= 0.3 is 0 Å². The van der Waals surface area contributed by atoms with Crippen molar-refractivity contribution in [3.8, 4) is 28.7 Å². The molecule has 0 aliphatic carbocycles. The van der Waals surface area contributed by atoms with Crippen LogP contribution in [0, 0.1) is 5.82 Å². The van der Waals surface area contributed by atoms with Crippen LogP contribution in [0.5, 0.6) is 28.7 Å². The average Bonchev–Trinajstić information content (AvgIpc) is 3.49. The van der Waals surface area contributed by atoms with Crippen LogP contribution >= 0.6 is 0 Å². The molecule has 1 N–H and O–H groups in total. The number of methoxy groups -OCH3 is 3. The number of fused-ring (bicyclic) bond motifs is 1. The van der Waals surface area contributed by atoms with E-state index in [1.165, 1.54) is 56.6 Å². The van der Waals surface area contributed by atoms with Gasteiger partial charge in [-0.3, -0.25) is 14.5 Å². The first-order valence-electron chi connectivity index (χ1n) is 11.1. The third-order valence-electron chi connectivity index (χ3n) is 6.20. The third-order valence-corrected chi connectivity index (χ3v) is 6.20. The molecule has 0 saturated carbocycles. The van der Waals surface area contributed by atoms with Gasteiger partial charge in [-0.05, 0) is 60.2 Å². The molecule has 2 aliphatic rings. The number of carbonyl (C=O) groups excluding carboxylic acids is 2. The van der Waals surface area contributed by atoms with Crippen molar-refractivity contribution in [1.29, 1.82) is 0 Å². The minimum atomic E-state index is -1.11. The van der Waals surface area contributed by atoms with E-state index in [1.54, 1.807) is 24.3 Å². The van der Waals surface area contributed by atoms with E-state index in [-0.39, 0.29) is 35.1 Å². The summed E-state index contributed by atoms with van der Waals surface area (Å²) in [5.74, 6) is -0.987. The standard InChI is InChI=1S/C27H22FNO8/c1-33-20-11-15(12-21(34-2)26(20)35-3)23-22(24(30)14-4-9-18-19(10-14)37-13-36-18)25(31)27(32)29(23)17-7-5-16(28)6-8-17/h4-12,23,30H,13H2,1-3H3/b24-22+. The Labute approximate surface area is 211 Å². The summed E-state index contributed by atoms with van der Waals surface area (Å²) in [7, 11) is 4.32. The van der Waals surface area contributed by atoms with E-state index in [2.05, 4.69) is 0 Å². The van der Waals surface area contributed by atoms with Crippen molar-refractivity contribution in [3.05, 3.63) is 77.1 Å². The van der Waals surface area contributed by atoms with Gasteiger partial charge in [-0.1, -0.05) is 0 Å². The first-order chi connectivity index (χ1) is 17.9. The third kappa shape index (κ3) is 3.96. The Bertz CT molecular complexity index is 1410. The van der Waals surface area contributed by atoms with E-state index in [9.17, 15) is 19.1 Å². The van der Waals surface area contributed by atoms with E-state index < -0.39 is 29.3 Å². The molecule has 3 aromatic carbocycles. The molecule has 1 fully saturated rings. The predicted octanol–water partition coefficient (Wildman–Crippen LogP) is 4.21. The van der Waals surface area contributed by atoms with Crippen molar-refractivity contribution in [3.63, 3.8) is 0 Å². The van der Waals surface area contributed by atoms with Crippen LogP contribution in [0.15, 0.2) is 60.2 Å². The maximum atomic E-state index is 13.7. The van der Waals surface area contributed by atoms with Gasteiger partial charge in [0.2, 0.25) is 12.5 Å². The number of nitrogens with zero attached hydrogens (tertiary/aromatic N) is 1. The predicted molar refractivity (Wildman–Crippen MR) is 130 cm³/mol. The molecule has 1 saturated heterocycles. The molecule has 0 bridgehead atoms. The van der Waals surface area contributed by atoms with Crippen LogP contribution in [0.25, 0.3) is 5.76 Å². The fraction of sp³-hybridized carbons (Fsp3) is 0.185. The van der Waals surface area contributed by atoms with Crippen molar-refractivity contribution in [2.24, 2.45) is 0 Å². The van der Waals surface area contributed by atoms with Crippen molar-refractivity contribution in [2.75, 3.05) is 33.0 Å². The number of halogens is 1. The van der Waals surface area contributed by atoms with Gasteiger partial charge in [-0.15, -0.1) is 0 Å². The molecule has 190 valence electrons. The second-order valence-corrected chi connectivity index (χ2v) is 8.17. The molecule has 0 spiro atoms. The topological polar surface area (TPSA) is 104 Å². The van der Waals surface area contributed by atoms with Crippen molar-refractivity contribution in [2.45, 2.75) is 6.04 Å². The maximum absolute atomic E-state index is 13.7. The van der Waals surface area contributed by atoms with Gasteiger partial charge in [0.15, 0.2) is 23.0 Å². The SMILES string of the molecule is COc1cc(C2/C(=C(\O)c3ccc4c(c3)OCO4)C(=O)C(=O)N2c2ccc(F)cc2)cc(OC)c1OC. The van der Waals surface area contributed by atoms with Crippen molar-refractivity contribution < 1.29 is 42.8 Å². The van der Waals surface area contributed by atoms with Crippen molar-refractivity contribution >= 4 is 23.1 Å². The number of aliphatic hydroxyl groups is 1. The summed E-state index contributed by atoms with van der Waals surface area (Å²) >= 11 is 0. The Balaban J connectivity index is 1.75. The molecular formula is C27H22FNO8. The molecule has 0 radical (unpaired) electrons. The summed E-state index contributed by atoms with van der Waals surface area (Å²) in [5.41, 5.74) is 0.716.